The summed E-state index contributed by atoms with van der Waals surface area (Å²) in [7, 11) is 0. The number of hydrogen-bond donors (Lipinski definition) is 2. The van der Waals surface area contributed by atoms with Crippen molar-refractivity contribution in [2.24, 2.45) is 0 Å². The van der Waals surface area contributed by atoms with Gasteiger partial charge in [-0.15, -0.1) is 5.10 Å². The molecule has 0 unspecified atom stereocenters. The first-order chi connectivity index (χ1) is 21.9. The molecule has 2 amide bonds. The van der Waals surface area contributed by atoms with Crippen LogP contribution in [0.2, 0.25) is 0 Å². The Morgan fingerprint density at radius 3 is 2.33 bits per heavy atom. The number of fused-ring (bicyclic) bond motifs is 1. The van der Waals surface area contributed by atoms with Crippen molar-refractivity contribution < 1.29 is 23.9 Å². The van der Waals surface area contributed by atoms with Crippen molar-refractivity contribution in [3.05, 3.63) is 83.2 Å². The van der Waals surface area contributed by atoms with Crippen LogP contribution in [0.4, 0.5) is 10.5 Å². The van der Waals surface area contributed by atoms with Gasteiger partial charge in [-0.25, -0.2) is 14.3 Å². The number of aryl methyl sites for hydroxylation is 1. The maximum Gasteiger partial charge on any atom is 0.407 e. The smallest absolute Gasteiger partial charge is 0.407 e. The Balaban J connectivity index is 0.000000875. The third kappa shape index (κ3) is 10.7. The average Bonchev–Trinajstić information content (AvgIpc) is 3.49. The van der Waals surface area contributed by atoms with E-state index >= 15 is 0 Å². The highest BCUT2D eigenvalue weighted by Gasteiger charge is 2.20. The molecule has 0 saturated carbocycles. The molecule has 0 aliphatic heterocycles. The number of para-hydroxylation sites is 1. The molecule has 0 aliphatic rings. The van der Waals surface area contributed by atoms with Crippen LogP contribution in [0, 0.1) is 6.92 Å². The van der Waals surface area contributed by atoms with Gasteiger partial charge in [0.15, 0.2) is 11.5 Å². The molecule has 2 heterocycles. The molecule has 10 heteroatoms. The molecule has 0 atom stereocenters. The summed E-state index contributed by atoms with van der Waals surface area (Å²) in [6.45, 7) is 14.0. The lowest BCUT2D eigenvalue weighted by atomic mass is 10.0. The number of benzene rings is 2. The maximum atomic E-state index is 13.6. The van der Waals surface area contributed by atoms with Crippen molar-refractivity contribution in [1.82, 2.24) is 19.9 Å². The molecular weight excluding hydrogens is 582 g/mol. The summed E-state index contributed by atoms with van der Waals surface area (Å²) < 4.78 is 12.0. The van der Waals surface area contributed by atoms with E-state index in [0.717, 1.165) is 11.1 Å². The lowest BCUT2D eigenvalue weighted by Crippen LogP contribution is -2.32. The van der Waals surface area contributed by atoms with Crippen LogP contribution in [0.25, 0.3) is 16.9 Å². The van der Waals surface area contributed by atoms with Gasteiger partial charge in [-0.2, -0.15) is 0 Å². The predicted molar refractivity (Wildman–Crippen MR) is 181 cm³/mol. The van der Waals surface area contributed by atoms with E-state index in [1.54, 1.807) is 56.6 Å². The number of aromatic nitrogens is 3. The minimum absolute atomic E-state index is 0.0326. The van der Waals surface area contributed by atoms with E-state index in [1.807, 2.05) is 43.3 Å². The number of ether oxygens (including phenoxy) is 2. The number of anilines is 1. The van der Waals surface area contributed by atoms with Crippen LogP contribution in [0.15, 0.2) is 60.8 Å². The molecule has 0 bridgehead atoms. The number of nitrogens with zero attached hydrogens (tertiary/aromatic N) is 3. The van der Waals surface area contributed by atoms with E-state index < -0.39 is 17.6 Å². The summed E-state index contributed by atoms with van der Waals surface area (Å²) >= 11 is 0. The SMILES string of the molecule is CCCCCC.CCOC(=O)Cc1cccc(C)c1NC(=O)c1nc(-c2cccc(CNC(=O)OC(C)(C)C)c2)nn2cccc12. The van der Waals surface area contributed by atoms with Gasteiger partial charge in [0.1, 0.15) is 5.60 Å². The Morgan fingerprint density at radius 2 is 1.65 bits per heavy atom. The number of rotatable bonds is 11. The van der Waals surface area contributed by atoms with Crippen molar-refractivity contribution >= 4 is 29.2 Å². The molecule has 46 heavy (non-hydrogen) atoms. The lowest BCUT2D eigenvalue weighted by molar-refractivity contribution is -0.142. The highest BCUT2D eigenvalue weighted by atomic mass is 16.6. The first-order valence-corrected chi connectivity index (χ1v) is 15.9. The molecule has 4 rings (SSSR count). The van der Waals surface area contributed by atoms with Crippen molar-refractivity contribution in [3.8, 4) is 11.4 Å². The third-order valence-electron chi connectivity index (χ3n) is 6.82. The average molecular weight is 630 g/mol. The summed E-state index contributed by atoms with van der Waals surface area (Å²) in [4.78, 5) is 42.5. The fourth-order valence-corrected chi connectivity index (χ4v) is 4.63. The van der Waals surface area contributed by atoms with Crippen molar-refractivity contribution in [2.45, 2.75) is 92.7 Å². The number of unbranched alkanes of at least 4 members (excludes halogenated alkanes) is 3. The summed E-state index contributed by atoms with van der Waals surface area (Å²) in [6.07, 6.45) is 6.80. The molecule has 2 aromatic carbocycles. The standard InChI is InChI=1S/C30H33N5O5.C6H14/c1-6-39-24(36)17-21-12-7-10-19(2)25(21)33-28(37)26-23-14-9-15-35(23)34-27(32-26)22-13-8-11-20(16-22)18-31-29(38)40-30(3,4)5;1-3-5-6-4-2/h7-16H,6,17-18H2,1-5H3,(H,31,38)(H,33,37);3-6H2,1-2H3. The molecule has 4 aromatic rings. The van der Waals surface area contributed by atoms with Gasteiger partial charge in [-0.05, 0) is 69.5 Å². The largest absolute Gasteiger partial charge is 0.466 e. The molecule has 10 nitrogen and oxygen atoms in total. The van der Waals surface area contributed by atoms with Crippen LogP contribution in [-0.2, 0) is 27.2 Å². The van der Waals surface area contributed by atoms with Gasteiger partial charge in [-0.3, -0.25) is 9.59 Å². The molecule has 0 saturated heterocycles. The summed E-state index contributed by atoms with van der Waals surface area (Å²) in [5, 5.41) is 10.3. The molecule has 0 spiro atoms. The zero-order valence-corrected chi connectivity index (χ0v) is 28.1. The van der Waals surface area contributed by atoms with Gasteiger partial charge in [-0.1, -0.05) is 75.9 Å². The van der Waals surface area contributed by atoms with Crippen LogP contribution in [-0.4, -0.2) is 44.8 Å². The van der Waals surface area contributed by atoms with Crippen LogP contribution in [0.1, 0.15) is 94.4 Å². The summed E-state index contributed by atoms with van der Waals surface area (Å²) in [5.74, 6) is -0.470. The topological polar surface area (TPSA) is 124 Å². The Labute approximate surface area is 271 Å². The highest BCUT2D eigenvalue weighted by Crippen LogP contribution is 2.24. The van der Waals surface area contributed by atoms with Gasteiger partial charge in [0.2, 0.25) is 0 Å². The van der Waals surface area contributed by atoms with Gasteiger partial charge >= 0.3 is 12.1 Å². The van der Waals surface area contributed by atoms with Crippen LogP contribution < -0.4 is 10.6 Å². The first-order valence-electron chi connectivity index (χ1n) is 15.9. The van der Waals surface area contributed by atoms with E-state index in [9.17, 15) is 14.4 Å². The molecular formula is C36H47N5O5. The van der Waals surface area contributed by atoms with E-state index in [2.05, 4.69) is 34.6 Å². The maximum absolute atomic E-state index is 13.6. The molecule has 2 aromatic heterocycles. The monoisotopic (exact) mass is 629 g/mol. The summed E-state index contributed by atoms with van der Waals surface area (Å²) in [5.41, 5.74) is 3.60. The number of esters is 1. The Hall–Kier alpha value is -4.73. The molecule has 2 N–H and O–H groups in total. The molecule has 246 valence electrons. The number of alkyl carbamates (subject to hydrolysis) is 1. The Bertz CT molecular complexity index is 1620. The minimum atomic E-state index is -0.596. The number of carbonyl (C=O) groups is 3. The minimum Gasteiger partial charge on any atom is -0.466 e. The van der Waals surface area contributed by atoms with Crippen molar-refractivity contribution in [3.63, 3.8) is 0 Å². The second-order valence-corrected chi connectivity index (χ2v) is 11.9. The lowest BCUT2D eigenvalue weighted by Gasteiger charge is -2.19. The van der Waals surface area contributed by atoms with Crippen LogP contribution >= 0.6 is 0 Å². The number of hydrogen-bond acceptors (Lipinski definition) is 7. The fraction of sp³-hybridized carbons (Fsp3) is 0.417. The normalized spacial score (nSPS) is 10.9. The highest BCUT2D eigenvalue weighted by molar-refractivity contribution is 6.08. The van der Waals surface area contributed by atoms with Gasteiger partial charge in [0.25, 0.3) is 5.91 Å². The van der Waals surface area contributed by atoms with Crippen LogP contribution in [0.5, 0.6) is 0 Å². The zero-order chi connectivity index (χ0) is 33.7. The molecule has 0 radical (unpaired) electrons. The van der Waals surface area contributed by atoms with Gasteiger partial charge in [0.05, 0.1) is 18.5 Å². The van der Waals surface area contributed by atoms with Gasteiger partial charge in [0, 0.05) is 24.0 Å². The number of carbonyl (C=O) groups excluding carboxylic acids is 3. The van der Waals surface area contributed by atoms with E-state index in [1.165, 1.54) is 25.7 Å². The molecule has 0 aliphatic carbocycles. The Morgan fingerprint density at radius 1 is 0.935 bits per heavy atom. The van der Waals surface area contributed by atoms with Gasteiger partial charge < -0.3 is 20.1 Å². The fourth-order valence-electron chi connectivity index (χ4n) is 4.63. The second-order valence-electron chi connectivity index (χ2n) is 11.9. The number of nitrogens with one attached hydrogen (secondary N) is 2. The van der Waals surface area contributed by atoms with E-state index in [4.69, 9.17) is 9.47 Å². The Kier molecular flexibility index (Phi) is 13.3. The van der Waals surface area contributed by atoms with E-state index in [0.29, 0.717) is 28.2 Å². The first kappa shape index (κ1) is 35.7. The quantitative estimate of drug-likeness (QED) is 0.129. The van der Waals surface area contributed by atoms with Crippen LogP contribution in [0.3, 0.4) is 0 Å². The van der Waals surface area contributed by atoms with Crippen molar-refractivity contribution in [1.29, 1.82) is 0 Å². The summed E-state index contributed by atoms with van der Waals surface area (Å²) in [6, 6.07) is 16.4. The predicted octanol–water partition coefficient (Wildman–Crippen LogP) is 7.67. The third-order valence-corrected chi connectivity index (χ3v) is 6.82. The van der Waals surface area contributed by atoms with Crippen molar-refractivity contribution in [2.75, 3.05) is 11.9 Å². The number of amides is 2. The zero-order valence-electron chi connectivity index (χ0n) is 28.1. The molecule has 0 fully saturated rings. The second kappa shape index (κ2) is 17.1. The van der Waals surface area contributed by atoms with E-state index in [-0.39, 0.29) is 31.2 Å².